The number of carbonyl (C=O) groups excluding carboxylic acids is 1. The monoisotopic (exact) mass is 298 g/mol. The lowest BCUT2D eigenvalue weighted by Crippen LogP contribution is -2.21. The molecule has 108 valence electrons. The van der Waals surface area contributed by atoms with Crippen LogP contribution in [0.3, 0.4) is 0 Å². The van der Waals surface area contributed by atoms with Gasteiger partial charge in [0.2, 0.25) is 0 Å². The van der Waals surface area contributed by atoms with E-state index in [1.54, 1.807) is 11.8 Å². The zero-order valence-corrected chi connectivity index (χ0v) is 12.7. The van der Waals surface area contributed by atoms with Crippen molar-refractivity contribution in [3.8, 4) is 0 Å². The summed E-state index contributed by atoms with van der Waals surface area (Å²) in [7, 11) is 0. The molecule has 0 aliphatic heterocycles. The number of rotatable bonds is 3. The third-order valence-electron chi connectivity index (χ3n) is 4.28. The first-order chi connectivity index (χ1) is 10.3. The molecule has 2 fully saturated rings. The van der Waals surface area contributed by atoms with Gasteiger partial charge in [0.25, 0.3) is 0 Å². The normalized spacial score (nSPS) is 22.7. The summed E-state index contributed by atoms with van der Waals surface area (Å²) in [6.45, 7) is 0. The average Bonchev–Trinajstić information content (AvgIpc) is 3.34. The van der Waals surface area contributed by atoms with E-state index >= 15 is 0 Å². The summed E-state index contributed by atoms with van der Waals surface area (Å²) < 4.78 is 0. The fourth-order valence-corrected chi connectivity index (χ4v) is 4.14. The number of para-hydroxylation sites is 1. The highest BCUT2D eigenvalue weighted by atomic mass is 32.2. The second kappa shape index (κ2) is 5.41. The molecule has 1 atom stereocenters. The first kappa shape index (κ1) is 13.3. The first-order valence-electron chi connectivity index (χ1n) is 7.77. The first-order valence-corrected chi connectivity index (χ1v) is 8.65. The predicted molar refractivity (Wildman–Crippen MR) is 84.6 cm³/mol. The van der Waals surface area contributed by atoms with Gasteiger partial charge in [-0.05, 0) is 31.7 Å². The van der Waals surface area contributed by atoms with Crippen LogP contribution in [0.25, 0.3) is 10.9 Å². The van der Waals surface area contributed by atoms with Gasteiger partial charge in [-0.15, -0.1) is 0 Å². The number of benzene rings is 1. The summed E-state index contributed by atoms with van der Waals surface area (Å²) in [5.41, 5.74) is 1.01. The Balaban J connectivity index is 1.73. The van der Waals surface area contributed by atoms with Gasteiger partial charge in [0, 0.05) is 17.7 Å². The zero-order valence-electron chi connectivity index (χ0n) is 11.9. The van der Waals surface area contributed by atoms with Crippen LogP contribution in [-0.2, 0) is 4.79 Å². The minimum absolute atomic E-state index is 0.0871. The van der Waals surface area contributed by atoms with E-state index in [1.165, 1.54) is 12.8 Å². The standard InChI is InChI=1S/C17H18N2OS/c20-14-7-3-4-8-15(14)21-17-12-5-1-2-6-13(12)18-16(19-17)11-9-10-11/h1-2,5-6,11,15H,3-4,7-10H2/t15-/m0/s1. The largest absolute Gasteiger partial charge is 0.298 e. The summed E-state index contributed by atoms with van der Waals surface area (Å²) in [5, 5.41) is 2.18. The molecule has 4 heteroatoms. The molecule has 21 heavy (non-hydrogen) atoms. The van der Waals surface area contributed by atoms with Crippen LogP contribution >= 0.6 is 11.8 Å². The van der Waals surface area contributed by atoms with Crippen molar-refractivity contribution in [3.63, 3.8) is 0 Å². The molecule has 0 spiro atoms. The Morgan fingerprint density at radius 3 is 2.71 bits per heavy atom. The smallest absolute Gasteiger partial charge is 0.146 e. The van der Waals surface area contributed by atoms with Crippen molar-refractivity contribution in [2.45, 2.75) is 54.7 Å². The van der Waals surface area contributed by atoms with Gasteiger partial charge in [0.15, 0.2) is 0 Å². The lowest BCUT2D eigenvalue weighted by atomic mass is 9.99. The number of Topliss-reactive ketones (excluding diaryl/α,β-unsaturated/α-hetero) is 1. The van der Waals surface area contributed by atoms with Crippen LogP contribution in [0, 0.1) is 0 Å². The van der Waals surface area contributed by atoms with Crippen LogP contribution in [0.15, 0.2) is 29.3 Å². The van der Waals surface area contributed by atoms with E-state index in [1.807, 2.05) is 12.1 Å². The Kier molecular flexibility index (Phi) is 3.42. The van der Waals surface area contributed by atoms with Crippen molar-refractivity contribution in [2.75, 3.05) is 0 Å². The van der Waals surface area contributed by atoms with Crippen molar-refractivity contribution in [3.05, 3.63) is 30.1 Å². The Labute approximate surface area is 128 Å². The van der Waals surface area contributed by atoms with Crippen LogP contribution < -0.4 is 0 Å². The molecule has 2 aromatic rings. The third kappa shape index (κ3) is 2.69. The van der Waals surface area contributed by atoms with Crippen molar-refractivity contribution >= 4 is 28.4 Å². The molecular weight excluding hydrogens is 280 g/mol. The van der Waals surface area contributed by atoms with E-state index in [4.69, 9.17) is 9.97 Å². The predicted octanol–water partition coefficient (Wildman–Crippen LogP) is 4.11. The highest BCUT2D eigenvalue weighted by molar-refractivity contribution is 8.00. The van der Waals surface area contributed by atoms with E-state index < -0.39 is 0 Å². The second-order valence-corrected chi connectivity index (χ2v) is 7.19. The van der Waals surface area contributed by atoms with E-state index in [2.05, 4.69) is 12.1 Å². The van der Waals surface area contributed by atoms with E-state index in [9.17, 15) is 4.79 Å². The van der Waals surface area contributed by atoms with Crippen LogP contribution in [0.2, 0.25) is 0 Å². The summed E-state index contributed by atoms with van der Waals surface area (Å²) in [4.78, 5) is 21.6. The minimum Gasteiger partial charge on any atom is -0.298 e. The maximum Gasteiger partial charge on any atom is 0.146 e. The molecule has 2 aliphatic carbocycles. The van der Waals surface area contributed by atoms with E-state index in [-0.39, 0.29) is 5.25 Å². The molecule has 0 amide bonds. The van der Waals surface area contributed by atoms with E-state index in [0.29, 0.717) is 11.7 Å². The van der Waals surface area contributed by atoms with Gasteiger partial charge in [-0.25, -0.2) is 9.97 Å². The number of ketones is 1. The second-order valence-electron chi connectivity index (χ2n) is 6.00. The molecule has 0 saturated heterocycles. The number of fused-ring (bicyclic) bond motifs is 1. The molecular formula is C17H18N2OS. The van der Waals surface area contributed by atoms with Gasteiger partial charge < -0.3 is 0 Å². The molecule has 1 heterocycles. The number of hydrogen-bond acceptors (Lipinski definition) is 4. The fourth-order valence-electron chi connectivity index (χ4n) is 2.89. The number of aromatic nitrogens is 2. The molecule has 3 nitrogen and oxygen atoms in total. The molecule has 0 bridgehead atoms. The van der Waals surface area contributed by atoms with Crippen LogP contribution in [0.5, 0.6) is 0 Å². The highest BCUT2D eigenvalue weighted by Crippen LogP contribution is 2.41. The van der Waals surface area contributed by atoms with Gasteiger partial charge in [-0.1, -0.05) is 36.4 Å². The Morgan fingerprint density at radius 1 is 1.05 bits per heavy atom. The lowest BCUT2D eigenvalue weighted by molar-refractivity contribution is -0.119. The van der Waals surface area contributed by atoms with Crippen LogP contribution in [-0.4, -0.2) is 21.0 Å². The Hall–Kier alpha value is -1.42. The fraction of sp³-hybridized carbons (Fsp3) is 0.471. The number of nitrogens with zero attached hydrogens (tertiary/aromatic N) is 2. The SMILES string of the molecule is O=C1CCCC[C@@H]1Sc1nc(C2CC2)nc2ccccc12. The van der Waals surface area contributed by atoms with Crippen molar-refractivity contribution in [2.24, 2.45) is 0 Å². The van der Waals surface area contributed by atoms with Crippen molar-refractivity contribution in [1.29, 1.82) is 0 Å². The summed E-state index contributed by atoms with van der Waals surface area (Å²) in [6.07, 6.45) is 6.32. The van der Waals surface area contributed by atoms with Crippen LogP contribution in [0.1, 0.15) is 50.3 Å². The molecule has 1 aromatic carbocycles. The summed E-state index contributed by atoms with van der Waals surface area (Å²) in [6, 6.07) is 8.17. The van der Waals surface area contributed by atoms with Gasteiger partial charge in [-0.2, -0.15) is 0 Å². The zero-order chi connectivity index (χ0) is 14.2. The maximum atomic E-state index is 12.1. The van der Waals surface area contributed by atoms with Crippen molar-refractivity contribution < 1.29 is 4.79 Å². The lowest BCUT2D eigenvalue weighted by Gasteiger charge is -2.20. The van der Waals surface area contributed by atoms with Gasteiger partial charge in [0.1, 0.15) is 16.6 Å². The number of hydrogen-bond donors (Lipinski definition) is 0. The molecule has 2 aliphatic rings. The summed E-state index contributed by atoms with van der Waals surface area (Å²) in [5.74, 6) is 1.90. The van der Waals surface area contributed by atoms with Gasteiger partial charge in [0.05, 0.1) is 10.8 Å². The minimum atomic E-state index is 0.0871. The topological polar surface area (TPSA) is 42.9 Å². The third-order valence-corrected chi connectivity index (χ3v) is 5.60. The van der Waals surface area contributed by atoms with E-state index in [0.717, 1.165) is 47.4 Å². The van der Waals surface area contributed by atoms with Crippen LogP contribution in [0.4, 0.5) is 0 Å². The van der Waals surface area contributed by atoms with Crippen molar-refractivity contribution in [1.82, 2.24) is 9.97 Å². The average molecular weight is 298 g/mol. The van der Waals surface area contributed by atoms with Gasteiger partial charge >= 0.3 is 0 Å². The molecule has 1 aromatic heterocycles. The molecule has 4 rings (SSSR count). The number of carbonyl (C=O) groups is 1. The Morgan fingerprint density at radius 2 is 1.90 bits per heavy atom. The highest BCUT2D eigenvalue weighted by Gasteiger charge is 2.29. The Bertz CT molecular complexity index is 696. The molecule has 0 radical (unpaired) electrons. The molecule has 2 saturated carbocycles. The van der Waals surface area contributed by atoms with Gasteiger partial charge in [-0.3, -0.25) is 4.79 Å². The molecule has 0 unspecified atom stereocenters. The maximum absolute atomic E-state index is 12.1. The summed E-state index contributed by atoms with van der Waals surface area (Å²) >= 11 is 1.66. The quantitative estimate of drug-likeness (QED) is 0.800. The molecule has 0 N–H and O–H groups in total. The number of thioether (sulfide) groups is 1.